The van der Waals surface area contributed by atoms with E-state index in [9.17, 15) is 0 Å². The number of aryl methyl sites for hydroxylation is 1. The second-order valence-electron chi connectivity index (χ2n) is 5.60. The molecule has 100 valence electrons. The summed E-state index contributed by atoms with van der Waals surface area (Å²) in [5, 5.41) is 0.730. The number of rotatable bonds is 4. The van der Waals surface area contributed by atoms with Crippen LogP contribution in [0, 0.1) is 6.92 Å². The van der Waals surface area contributed by atoms with Crippen molar-refractivity contribution in [2.75, 3.05) is 19.3 Å². The van der Waals surface area contributed by atoms with E-state index >= 15 is 0 Å². The fourth-order valence-corrected chi connectivity index (χ4v) is 4.25. The Morgan fingerprint density at radius 1 is 1.50 bits per heavy atom. The van der Waals surface area contributed by atoms with Gasteiger partial charge in [0, 0.05) is 29.6 Å². The number of likely N-dealkylation sites (N-methyl/N-ethyl adjacent to an activating group) is 1. The second-order valence-corrected chi connectivity index (χ2v) is 7.03. The van der Waals surface area contributed by atoms with Crippen LogP contribution in [0.15, 0.2) is 24.3 Å². The Morgan fingerprint density at radius 3 is 2.83 bits per heavy atom. The van der Waals surface area contributed by atoms with Crippen molar-refractivity contribution in [1.82, 2.24) is 4.90 Å². The van der Waals surface area contributed by atoms with Gasteiger partial charge in [-0.25, -0.2) is 0 Å². The Bertz CT molecular complexity index is 407. The molecule has 0 aliphatic carbocycles. The fraction of sp³-hybridized carbons (Fsp3) is 0.600. The maximum absolute atomic E-state index is 6.06. The Kier molecular flexibility index (Phi) is 4.36. The van der Waals surface area contributed by atoms with E-state index in [1.54, 1.807) is 0 Å². The molecule has 0 radical (unpaired) electrons. The van der Waals surface area contributed by atoms with Crippen LogP contribution in [0.1, 0.15) is 24.5 Å². The summed E-state index contributed by atoms with van der Waals surface area (Å²) in [5.74, 6) is 1.16. The zero-order valence-electron chi connectivity index (χ0n) is 11.6. The molecule has 0 amide bonds. The summed E-state index contributed by atoms with van der Waals surface area (Å²) >= 11 is 2.05. The fourth-order valence-electron chi connectivity index (χ4n) is 2.77. The summed E-state index contributed by atoms with van der Waals surface area (Å²) in [6.45, 7) is 6.21. The molecule has 2 unspecified atom stereocenters. The molecular weight excluding hydrogens is 240 g/mol. The maximum atomic E-state index is 6.06. The monoisotopic (exact) mass is 264 g/mol. The minimum atomic E-state index is 0.188. The van der Waals surface area contributed by atoms with Gasteiger partial charge in [0.25, 0.3) is 0 Å². The quantitative estimate of drug-likeness (QED) is 0.906. The van der Waals surface area contributed by atoms with Crippen molar-refractivity contribution >= 4 is 11.8 Å². The highest BCUT2D eigenvalue weighted by atomic mass is 32.2. The molecule has 1 fully saturated rings. The molecule has 2 rings (SSSR count). The van der Waals surface area contributed by atoms with Crippen LogP contribution in [0.3, 0.4) is 0 Å². The van der Waals surface area contributed by atoms with Crippen molar-refractivity contribution in [3.05, 3.63) is 35.4 Å². The van der Waals surface area contributed by atoms with Crippen LogP contribution in [0.25, 0.3) is 0 Å². The smallest absolute Gasteiger partial charge is 0.0432 e. The van der Waals surface area contributed by atoms with Crippen LogP contribution < -0.4 is 5.73 Å². The average Bonchev–Trinajstić information content (AvgIpc) is 2.72. The number of thioether (sulfide) groups is 1. The number of nitrogens with two attached hydrogens (primary N) is 1. The molecule has 0 spiro atoms. The predicted octanol–water partition coefficient (Wildman–Crippen LogP) is 2.65. The molecule has 2 nitrogen and oxygen atoms in total. The van der Waals surface area contributed by atoms with Gasteiger partial charge in [-0.2, -0.15) is 11.8 Å². The summed E-state index contributed by atoms with van der Waals surface area (Å²) in [5.41, 5.74) is 8.96. The van der Waals surface area contributed by atoms with Gasteiger partial charge in [-0.05, 0) is 26.0 Å². The van der Waals surface area contributed by atoms with E-state index in [2.05, 4.69) is 50.1 Å². The first-order valence-electron chi connectivity index (χ1n) is 6.64. The van der Waals surface area contributed by atoms with Crippen LogP contribution in [0.5, 0.6) is 0 Å². The zero-order valence-corrected chi connectivity index (χ0v) is 12.5. The van der Waals surface area contributed by atoms with Gasteiger partial charge in [0.2, 0.25) is 0 Å². The van der Waals surface area contributed by atoms with Crippen LogP contribution in [0.2, 0.25) is 0 Å². The van der Waals surface area contributed by atoms with Crippen molar-refractivity contribution in [3.8, 4) is 0 Å². The standard InChI is InChI=1S/C15H24N2S/c1-12-5-4-6-14(7-12)9-17(3)15(10-16)8-13(2)18-11-15/h4-7,13H,8-11,16H2,1-3H3. The molecule has 1 saturated heterocycles. The summed E-state index contributed by atoms with van der Waals surface area (Å²) in [4.78, 5) is 2.46. The lowest BCUT2D eigenvalue weighted by molar-refractivity contribution is 0.139. The third kappa shape index (κ3) is 2.90. The number of benzene rings is 1. The number of hydrogen-bond acceptors (Lipinski definition) is 3. The lowest BCUT2D eigenvalue weighted by atomic mass is 9.94. The van der Waals surface area contributed by atoms with E-state index in [4.69, 9.17) is 5.73 Å². The van der Waals surface area contributed by atoms with E-state index in [1.165, 1.54) is 17.5 Å². The van der Waals surface area contributed by atoms with Crippen molar-refractivity contribution in [2.45, 2.75) is 37.6 Å². The van der Waals surface area contributed by atoms with Crippen molar-refractivity contribution in [2.24, 2.45) is 5.73 Å². The van der Waals surface area contributed by atoms with Gasteiger partial charge < -0.3 is 5.73 Å². The highest BCUT2D eigenvalue weighted by Crippen LogP contribution is 2.37. The van der Waals surface area contributed by atoms with E-state index in [1.807, 2.05) is 11.8 Å². The molecule has 0 bridgehead atoms. The predicted molar refractivity (Wildman–Crippen MR) is 81.0 cm³/mol. The molecule has 1 heterocycles. The van der Waals surface area contributed by atoms with E-state index in [0.717, 1.165) is 24.1 Å². The molecule has 3 heteroatoms. The minimum absolute atomic E-state index is 0.188. The first-order valence-corrected chi connectivity index (χ1v) is 7.69. The Balaban J connectivity index is 2.09. The number of hydrogen-bond donors (Lipinski definition) is 1. The van der Waals surface area contributed by atoms with Crippen LogP contribution in [-0.4, -0.2) is 35.0 Å². The molecule has 2 N–H and O–H groups in total. The highest BCUT2D eigenvalue weighted by Gasteiger charge is 2.40. The molecular formula is C15H24N2S. The lowest BCUT2D eigenvalue weighted by Gasteiger charge is -2.37. The molecule has 1 aliphatic heterocycles. The summed E-state index contributed by atoms with van der Waals surface area (Å²) < 4.78 is 0. The van der Waals surface area contributed by atoms with Crippen LogP contribution in [0.4, 0.5) is 0 Å². The Morgan fingerprint density at radius 2 is 2.28 bits per heavy atom. The molecule has 1 aromatic rings. The Hall–Kier alpha value is -0.510. The topological polar surface area (TPSA) is 29.3 Å². The van der Waals surface area contributed by atoms with E-state index in [0.29, 0.717) is 0 Å². The molecule has 0 saturated carbocycles. The average molecular weight is 264 g/mol. The van der Waals surface area contributed by atoms with Crippen molar-refractivity contribution in [1.29, 1.82) is 0 Å². The maximum Gasteiger partial charge on any atom is 0.0432 e. The third-order valence-electron chi connectivity index (χ3n) is 4.00. The summed E-state index contributed by atoms with van der Waals surface area (Å²) in [6.07, 6.45) is 1.20. The van der Waals surface area contributed by atoms with E-state index in [-0.39, 0.29) is 5.54 Å². The van der Waals surface area contributed by atoms with E-state index < -0.39 is 0 Å². The van der Waals surface area contributed by atoms with Crippen molar-refractivity contribution < 1.29 is 0 Å². The minimum Gasteiger partial charge on any atom is -0.329 e. The highest BCUT2D eigenvalue weighted by molar-refractivity contribution is 8.00. The molecule has 1 aromatic carbocycles. The van der Waals surface area contributed by atoms with Gasteiger partial charge in [0.15, 0.2) is 0 Å². The molecule has 1 aliphatic rings. The van der Waals surface area contributed by atoms with Gasteiger partial charge in [-0.3, -0.25) is 4.90 Å². The molecule has 0 aromatic heterocycles. The summed E-state index contributed by atoms with van der Waals surface area (Å²) in [6, 6.07) is 8.76. The van der Waals surface area contributed by atoms with Gasteiger partial charge in [-0.15, -0.1) is 0 Å². The van der Waals surface area contributed by atoms with Crippen LogP contribution in [-0.2, 0) is 6.54 Å². The zero-order chi connectivity index (χ0) is 13.2. The lowest BCUT2D eigenvalue weighted by Crippen LogP contribution is -2.52. The second kappa shape index (κ2) is 5.64. The third-order valence-corrected chi connectivity index (χ3v) is 5.44. The first kappa shape index (κ1) is 13.9. The van der Waals surface area contributed by atoms with Gasteiger partial charge in [0.05, 0.1) is 0 Å². The SMILES string of the molecule is Cc1cccc(CN(C)C2(CN)CSC(C)C2)c1. The largest absolute Gasteiger partial charge is 0.329 e. The van der Waals surface area contributed by atoms with Gasteiger partial charge >= 0.3 is 0 Å². The first-order chi connectivity index (χ1) is 8.55. The molecule has 2 atom stereocenters. The van der Waals surface area contributed by atoms with Gasteiger partial charge in [0.1, 0.15) is 0 Å². The molecule has 18 heavy (non-hydrogen) atoms. The normalized spacial score (nSPS) is 27.9. The van der Waals surface area contributed by atoms with Crippen LogP contribution >= 0.6 is 11.8 Å². The summed E-state index contributed by atoms with van der Waals surface area (Å²) in [7, 11) is 2.22. The van der Waals surface area contributed by atoms with Crippen molar-refractivity contribution in [3.63, 3.8) is 0 Å². The number of nitrogens with zero attached hydrogens (tertiary/aromatic N) is 1. The Labute approximate surface area is 115 Å². The van der Waals surface area contributed by atoms with Gasteiger partial charge in [-0.1, -0.05) is 36.8 Å².